The topological polar surface area (TPSA) is 89.8 Å². The van der Waals surface area contributed by atoms with E-state index in [1.54, 1.807) is 11.6 Å². The molecule has 9 heteroatoms. The summed E-state index contributed by atoms with van der Waals surface area (Å²) in [4.78, 5) is 0. The molecular formula is C10H21N5O2S2. The summed E-state index contributed by atoms with van der Waals surface area (Å²) >= 11 is 1.38. The molecule has 19 heavy (non-hydrogen) atoms. The molecule has 1 heterocycles. The molecule has 1 aromatic rings. The van der Waals surface area contributed by atoms with E-state index in [1.807, 2.05) is 0 Å². The molecule has 7 nitrogen and oxygen atoms in total. The van der Waals surface area contributed by atoms with E-state index in [0.717, 1.165) is 19.5 Å². The molecule has 110 valence electrons. The van der Waals surface area contributed by atoms with Crippen molar-refractivity contribution < 1.29 is 8.42 Å². The number of hydrogen-bond donors (Lipinski definition) is 1. The minimum atomic E-state index is -2.92. The van der Waals surface area contributed by atoms with Crippen molar-refractivity contribution in [1.82, 2.24) is 25.5 Å². The van der Waals surface area contributed by atoms with Gasteiger partial charge in [0.2, 0.25) is 5.16 Å². The van der Waals surface area contributed by atoms with Gasteiger partial charge in [0, 0.05) is 18.1 Å². The first-order valence-corrected chi connectivity index (χ1v) is 9.20. The van der Waals surface area contributed by atoms with Crippen LogP contribution in [0.25, 0.3) is 0 Å². The molecule has 0 saturated heterocycles. The third-order valence-electron chi connectivity index (χ3n) is 2.49. The van der Waals surface area contributed by atoms with E-state index in [0.29, 0.717) is 17.5 Å². The maximum atomic E-state index is 11.4. The quantitative estimate of drug-likeness (QED) is 0.488. The number of sulfone groups is 1. The van der Waals surface area contributed by atoms with Crippen molar-refractivity contribution in [1.29, 1.82) is 0 Å². The Kier molecular flexibility index (Phi) is 7.32. The molecule has 0 aromatic carbocycles. The van der Waals surface area contributed by atoms with E-state index in [-0.39, 0.29) is 11.5 Å². The van der Waals surface area contributed by atoms with Crippen molar-refractivity contribution in [2.24, 2.45) is 0 Å². The largest absolute Gasteiger partial charge is 0.315 e. The Morgan fingerprint density at radius 2 is 2.11 bits per heavy atom. The minimum Gasteiger partial charge on any atom is -0.315 e. The fraction of sp³-hybridized carbons (Fsp3) is 0.900. The highest BCUT2D eigenvalue weighted by atomic mass is 32.2. The highest BCUT2D eigenvalue weighted by molar-refractivity contribution is 8.00. The molecule has 0 amide bonds. The number of tetrazole rings is 1. The SMILES string of the molecule is CCCNCCn1nnnc1SCCS(=O)(=O)CC. The zero-order valence-corrected chi connectivity index (χ0v) is 13.0. The minimum absolute atomic E-state index is 0.162. The lowest BCUT2D eigenvalue weighted by molar-refractivity contribution is 0.510. The summed E-state index contributed by atoms with van der Waals surface area (Å²) in [7, 11) is -2.92. The average Bonchev–Trinajstić information content (AvgIpc) is 2.82. The van der Waals surface area contributed by atoms with Gasteiger partial charge in [0.05, 0.1) is 12.3 Å². The Bertz CT molecular complexity index is 460. The number of nitrogens with one attached hydrogen (secondary N) is 1. The normalized spacial score (nSPS) is 11.9. The Hall–Kier alpha value is -0.670. The molecule has 0 atom stereocenters. The van der Waals surface area contributed by atoms with Gasteiger partial charge in [-0.3, -0.25) is 0 Å². The van der Waals surface area contributed by atoms with Gasteiger partial charge in [0.15, 0.2) is 9.84 Å². The van der Waals surface area contributed by atoms with Crippen LogP contribution in [0.2, 0.25) is 0 Å². The van der Waals surface area contributed by atoms with Crippen molar-refractivity contribution >= 4 is 21.6 Å². The van der Waals surface area contributed by atoms with Crippen LogP contribution in [0, 0.1) is 0 Å². The summed E-state index contributed by atoms with van der Waals surface area (Å²) in [5.41, 5.74) is 0. The van der Waals surface area contributed by atoms with Crippen LogP contribution in [-0.4, -0.2) is 59.0 Å². The lowest BCUT2D eigenvalue weighted by Crippen LogP contribution is -2.21. The fourth-order valence-corrected chi connectivity index (χ4v) is 3.52. The smallest absolute Gasteiger partial charge is 0.209 e. The van der Waals surface area contributed by atoms with Gasteiger partial charge in [-0.15, -0.1) is 5.10 Å². The zero-order chi connectivity index (χ0) is 14.1. The average molecular weight is 307 g/mol. The summed E-state index contributed by atoms with van der Waals surface area (Å²) < 4.78 is 24.5. The maximum absolute atomic E-state index is 11.4. The van der Waals surface area contributed by atoms with Gasteiger partial charge in [0.1, 0.15) is 0 Å². The summed E-state index contributed by atoms with van der Waals surface area (Å²) in [5, 5.41) is 15.4. The Balaban J connectivity index is 2.36. The molecular weight excluding hydrogens is 286 g/mol. The predicted molar refractivity (Wildman–Crippen MR) is 76.0 cm³/mol. The second-order valence-electron chi connectivity index (χ2n) is 4.02. The van der Waals surface area contributed by atoms with Crippen LogP contribution >= 0.6 is 11.8 Å². The molecule has 1 aromatic heterocycles. The second-order valence-corrected chi connectivity index (χ2v) is 7.55. The third kappa shape index (κ3) is 6.35. The summed E-state index contributed by atoms with van der Waals surface area (Å²) in [5.74, 6) is 0.827. The van der Waals surface area contributed by atoms with Gasteiger partial charge >= 0.3 is 0 Å². The van der Waals surface area contributed by atoms with Crippen molar-refractivity contribution in [3.05, 3.63) is 0 Å². The molecule has 1 rings (SSSR count). The molecule has 0 fully saturated rings. The first-order valence-electron chi connectivity index (χ1n) is 6.39. The van der Waals surface area contributed by atoms with E-state index >= 15 is 0 Å². The summed E-state index contributed by atoms with van der Waals surface area (Å²) in [6.45, 7) is 6.23. The highest BCUT2D eigenvalue weighted by Crippen LogP contribution is 2.13. The standard InChI is InChI=1S/C10H21N5O2S2/c1-3-5-11-6-7-15-10(12-13-14-15)18-8-9-19(16,17)4-2/h11H,3-9H2,1-2H3. The van der Waals surface area contributed by atoms with Crippen LogP contribution in [0.1, 0.15) is 20.3 Å². The van der Waals surface area contributed by atoms with E-state index < -0.39 is 9.84 Å². The van der Waals surface area contributed by atoms with Gasteiger partial charge in [-0.25, -0.2) is 13.1 Å². The van der Waals surface area contributed by atoms with E-state index in [2.05, 4.69) is 27.8 Å². The van der Waals surface area contributed by atoms with E-state index in [1.165, 1.54) is 11.8 Å². The lowest BCUT2D eigenvalue weighted by Gasteiger charge is -2.05. The number of thioether (sulfide) groups is 1. The van der Waals surface area contributed by atoms with E-state index in [9.17, 15) is 8.42 Å². The molecule has 0 bridgehead atoms. The molecule has 0 spiro atoms. The molecule has 0 unspecified atom stereocenters. The van der Waals surface area contributed by atoms with Crippen LogP contribution in [-0.2, 0) is 16.4 Å². The Labute approximate surface area is 118 Å². The van der Waals surface area contributed by atoms with Gasteiger partial charge in [0.25, 0.3) is 0 Å². The second kappa shape index (κ2) is 8.49. The molecule has 0 aliphatic heterocycles. The first-order chi connectivity index (χ1) is 9.09. The molecule has 1 N–H and O–H groups in total. The number of aromatic nitrogens is 4. The van der Waals surface area contributed by atoms with Gasteiger partial charge in [-0.2, -0.15) is 0 Å². The lowest BCUT2D eigenvalue weighted by atomic mass is 10.5. The van der Waals surface area contributed by atoms with Crippen molar-refractivity contribution in [2.45, 2.75) is 32.0 Å². The monoisotopic (exact) mass is 307 g/mol. The molecule has 0 aliphatic carbocycles. The van der Waals surface area contributed by atoms with Crippen LogP contribution < -0.4 is 5.32 Å². The van der Waals surface area contributed by atoms with Crippen molar-refractivity contribution in [2.75, 3.05) is 30.3 Å². The van der Waals surface area contributed by atoms with Crippen LogP contribution in [0.15, 0.2) is 5.16 Å². The number of rotatable bonds is 10. The van der Waals surface area contributed by atoms with Crippen LogP contribution in [0.3, 0.4) is 0 Å². The molecule has 0 saturated carbocycles. The molecule has 0 radical (unpaired) electrons. The van der Waals surface area contributed by atoms with Crippen LogP contribution in [0.5, 0.6) is 0 Å². The third-order valence-corrected chi connectivity index (χ3v) is 5.41. The van der Waals surface area contributed by atoms with Crippen molar-refractivity contribution in [3.63, 3.8) is 0 Å². The maximum Gasteiger partial charge on any atom is 0.209 e. The Morgan fingerprint density at radius 1 is 1.32 bits per heavy atom. The van der Waals surface area contributed by atoms with Crippen molar-refractivity contribution in [3.8, 4) is 0 Å². The summed E-state index contributed by atoms with van der Waals surface area (Å²) in [6, 6.07) is 0. The highest BCUT2D eigenvalue weighted by Gasteiger charge is 2.10. The fourth-order valence-electron chi connectivity index (χ4n) is 1.33. The van der Waals surface area contributed by atoms with Crippen LogP contribution in [0.4, 0.5) is 0 Å². The predicted octanol–water partition coefficient (Wildman–Crippen LogP) is 0.200. The van der Waals surface area contributed by atoms with Gasteiger partial charge < -0.3 is 5.32 Å². The number of hydrogen-bond acceptors (Lipinski definition) is 7. The molecule has 0 aliphatic rings. The summed E-state index contributed by atoms with van der Waals surface area (Å²) in [6.07, 6.45) is 1.09. The zero-order valence-electron chi connectivity index (χ0n) is 11.4. The Morgan fingerprint density at radius 3 is 2.79 bits per heavy atom. The van der Waals surface area contributed by atoms with E-state index in [4.69, 9.17) is 0 Å². The van der Waals surface area contributed by atoms with Gasteiger partial charge in [-0.05, 0) is 23.4 Å². The van der Waals surface area contributed by atoms with Gasteiger partial charge in [-0.1, -0.05) is 25.6 Å². The number of nitrogens with zero attached hydrogens (tertiary/aromatic N) is 4. The first kappa shape index (κ1) is 16.4.